The van der Waals surface area contributed by atoms with Crippen LogP contribution >= 0.6 is 15.9 Å². The Labute approximate surface area is 97.4 Å². The van der Waals surface area contributed by atoms with Gasteiger partial charge in [0.05, 0.1) is 5.92 Å². The van der Waals surface area contributed by atoms with Crippen molar-refractivity contribution in [3.63, 3.8) is 0 Å². The fourth-order valence-electron chi connectivity index (χ4n) is 2.33. The van der Waals surface area contributed by atoms with E-state index in [4.69, 9.17) is 5.11 Å². The fraction of sp³-hybridized carbons (Fsp3) is 0.417. The highest BCUT2D eigenvalue weighted by Crippen LogP contribution is 2.41. The van der Waals surface area contributed by atoms with Gasteiger partial charge in [-0.15, -0.1) is 0 Å². The van der Waals surface area contributed by atoms with Gasteiger partial charge < -0.3 is 5.11 Å². The summed E-state index contributed by atoms with van der Waals surface area (Å²) in [6, 6.07) is 6.06. The van der Waals surface area contributed by atoms with E-state index < -0.39 is 5.97 Å². The number of hydrogen-bond donors (Lipinski definition) is 1. The highest BCUT2D eigenvalue weighted by molar-refractivity contribution is 9.10. The Bertz CT molecular complexity index is 401. The minimum Gasteiger partial charge on any atom is -0.481 e. The van der Waals surface area contributed by atoms with Gasteiger partial charge in [0.2, 0.25) is 0 Å². The predicted octanol–water partition coefficient (Wildman–Crippen LogP) is 3.20. The van der Waals surface area contributed by atoms with Gasteiger partial charge in [-0.1, -0.05) is 35.0 Å². The number of fused-ring (bicyclic) bond motifs is 1. The van der Waals surface area contributed by atoms with Crippen molar-refractivity contribution in [1.82, 2.24) is 0 Å². The molecule has 2 atom stereocenters. The number of rotatable bonds is 2. The molecule has 2 unspecified atom stereocenters. The first kappa shape index (κ1) is 10.7. The van der Waals surface area contributed by atoms with Crippen LogP contribution in [0.15, 0.2) is 22.7 Å². The van der Waals surface area contributed by atoms with Gasteiger partial charge in [-0.2, -0.15) is 0 Å². The first-order chi connectivity index (χ1) is 7.11. The molecule has 15 heavy (non-hydrogen) atoms. The third kappa shape index (κ3) is 1.81. The average molecular weight is 269 g/mol. The zero-order valence-electron chi connectivity index (χ0n) is 8.53. The van der Waals surface area contributed by atoms with Gasteiger partial charge in [0.15, 0.2) is 0 Å². The Morgan fingerprint density at radius 3 is 3.00 bits per heavy atom. The highest BCUT2D eigenvalue weighted by Gasteiger charge is 2.31. The van der Waals surface area contributed by atoms with Crippen molar-refractivity contribution in [1.29, 1.82) is 0 Å². The molecule has 80 valence electrons. The Kier molecular flexibility index (Phi) is 2.83. The topological polar surface area (TPSA) is 37.3 Å². The van der Waals surface area contributed by atoms with Crippen LogP contribution in [0.1, 0.15) is 30.4 Å². The Morgan fingerprint density at radius 1 is 1.60 bits per heavy atom. The molecule has 1 N–H and O–H groups in total. The number of carboxylic acid groups (broad SMARTS) is 1. The summed E-state index contributed by atoms with van der Waals surface area (Å²) >= 11 is 3.51. The molecule has 0 saturated carbocycles. The van der Waals surface area contributed by atoms with Gasteiger partial charge in [0.1, 0.15) is 0 Å². The summed E-state index contributed by atoms with van der Waals surface area (Å²) in [7, 11) is 0. The van der Waals surface area contributed by atoms with Crippen molar-refractivity contribution in [3.8, 4) is 0 Å². The predicted molar refractivity (Wildman–Crippen MR) is 62.0 cm³/mol. The molecule has 0 radical (unpaired) electrons. The van der Waals surface area contributed by atoms with Gasteiger partial charge in [-0.05, 0) is 36.0 Å². The van der Waals surface area contributed by atoms with Crippen molar-refractivity contribution < 1.29 is 9.90 Å². The van der Waals surface area contributed by atoms with Crippen molar-refractivity contribution in [2.75, 3.05) is 0 Å². The van der Waals surface area contributed by atoms with E-state index >= 15 is 0 Å². The number of carboxylic acids is 1. The normalized spacial score (nSPS) is 21.1. The molecule has 1 aliphatic rings. The molecule has 1 aliphatic carbocycles. The summed E-state index contributed by atoms with van der Waals surface area (Å²) in [5, 5.41) is 9.03. The molecule has 0 amide bonds. The molecule has 0 heterocycles. The fourth-order valence-corrected chi connectivity index (χ4v) is 2.91. The smallest absolute Gasteiger partial charge is 0.306 e. The van der Waals surface area contributed by atoms with Gasteiger partial charge in [-0.25, -0.2) is 0 Å². The van der Waals surface area contributed by atoms with E-state index in [9.17, 15) is 4.79 Å². The van der Waals surface area contributed by atoms with E-state index in [1.165, 1.54) is 11.1 Å². The zero-order chi connectivity index (χ0) is 11.0. The third-order valence-corrected chi connectivity index (χ3v) is 4.00. The minimum atomic E-state index is -0.701. The number of hydrogen-bond acceptors (Lipinski definition) is 1. The second kappa shape index (κ2) is 3.97. The van der Waals surface area contributed by atoms with Crippen molar-refractivity contribution in [2.45, 2.75) is 25.7 Å². The van der Waals surface area contributed by atoms with Crippen LogP contribution in [0.2, 0.25) is 0 Å². The lowest BCUT2D eigenvalue weighted by atomic mass is 9.89. The van der Waals surface area contributed by atoms with Crippen molar-refractivity contribution in [3.05, 3.63) is 33.8 Å². The lowest BCUT2D eigenvalue weighted by Gasteiger charge is -2.16. The lowest BCUT2D eigenvalue weighted by molar-refractivity contribution is -0.141. The highest BCUT2D eigenvalue weighted by atomic mass is 79.9. The van der Waals surface area contributed by atoms with E-state index in [1.54, 1.807) is 6.92 Å². The largest absolute Gasteiger partial charge is 0.481 e. The molecule has 0 spiro atoms. The Balaban J connectivity index is 2.37. The first-order valence-electron chi connectivity index (χ1n) is 5.11. The van der Waals surface area contributed by atoms with E-state index in [1.807, 2.05) is 12.1 Å². The van der Waals surface area contributed by atoms with Crippen LogP contribution in [0.4, 0.5) is 0 Å². The summed E-state index contributed by atoms with van der Waals surface area (Å²) in [4.78, 5) is 11.0. The molecule has 2 rings (SSSR count). The molecule has 2 nitrogen and oxygen atoms in total. The van der Waals surface area contributed by atoms with Crippen LogP contribution in [0.25, 0.3) is 0 Å². The first-order valence-corrected chi connectivity index (χ1v) is 5.90. The summed E-state index contributed by atoms with van der Waals surface area (Å²) in [6.45, 7) is 1.79. The summed E-state index contributed by atoms with van der Waals surface area (Å²) in [6.07, 6.45) is 1.93. The van der Waals surface area contributed by atoms with Crippen LogP contribution in [0.5, 0.6) is 0 Å². The molecule has 0 aliphatic heterocycles. The standard InChI is InChI=1S/C12H13BrO2/c1-7(12(14)15)8-5-6-10-9(8)3-2-4-11(10)13/h2-4,7-8H,5-6H2,1H3,(H,14,15). The van der Waals surface area contributed by atoms with Crippen LogP contribution in [0, 0.1) is 5.92 Å². The van der Waals surface area contributed by atoms with Gasteiger partial charge in [0.25, 0.3) is 0 Å². The molecule has 3 heteroatoms. The molecular formula is C12H13BrO2. The maximum absolute atomic E-state index is 11.0. The second-order valence-electron chi connectivity index (χ2n) is 4.08. The van der Waals surface area contributed by atoms with E-state index in [0.29, 0.717) is 0 Å². The van der Waals surface area contributed by atoms with Crippen LogP contribution < -0.4 is 0 Å². The lowest BCUT2D eigenvalue weighted by Crippen LogP contribution is -2.17. The van der Waals surface area contributed by atoms with Crippen LogP contribution in [0.3, 0.4) is 0 Å². The van der Waals surface area contributed by atoms with E-state index in [0.717, 1.165) is 17.3 Å². The number of aliphatic carboxylic acids is 1. The van der Waals surface area contributed by atoms with Gasteiger partial charge in [0, 0.05) is 4.47 Å². The molecule has 1 aromatic carbocycles. The minimum absolute atomic E-state index is 0.176. The molecular weight excluding hydrogens is 256 g/mol. The van der Waals surface area contributed by atoms with E-state index in [-0.39, 0.29) is 11.8 Å². The average Bonchev–Trinajstić information content (AvgIpc) is 2.61. The number of benzene rings is 1. The van der Waals surface area contributed by atoms with Crippen molar-refractivity contribution in [2.24, 2.45) is 5.92 Å². The zero-order valence-corrected chi connectivity index (χ0v) is 10.1. The number of halogens is 1. The Hall–Kier alpha value is -0.830. The number of carbonyl (C=O) groups is 1. The SMILES string of the molecule is CC(C(=O)O)C1CCc2c(Br)cccc21. The summed E-state index contributed by atoms with van der Waals surface area (Å²) in [5.74, 6) is -0.816. The molecule has 0 fully saturated rings. The quantitative estimate of drug-likeness (QED) is 0.895. The van der Waals surface area contributed by atoms with Gasteiger partial charge in [-0.3, -0.25) is 4.79 Å². The second-order valence-corrected chi connectivity index (χ2v) is 4.93. The molecule has 0 bridgehead atoms. The van der Waals surface area contributed by atoms with Crippen LogP contribution in [-0.2, 0) is 11.2 Å². The monoisotopic (exact) mass is 268 g/mol. The summed E-state index contributed by atoms with van der Waals surface area (Å²) < 4.78 is 1.11. The molecule has 1 aromatic rings. The van der Waals surface area contributed by atoms with Crippen LogP contribution in [-0.4, -0.2) is 11.1 Å². The summed E-state index contributed by atoms with van der Waals surface area (Å²) in [5.41, 5.74) is 2.50. The van der Waals surface area contributed by atoms with Gasteiger partial charge >= 0.3 is 5.97 Å². The van der Waals surface area contributed by atoms with E-state index in [2.05, 4.69) is 22.0 Å². The Morgan fingerprint density at radius 2 is 2.33 bits per heavy atom. The molecule has 0 saturated heterocycles. The molecule has 0 aromatic heterocycles. The third-order valence-electron chi connectivity index (χ3n) is 3.25. The maximum Gasteiger partial charge on any atom is 0.306 e. The maximum atomic E-state index is 11.0. The van der Waals surface area contributed by atoms with Crippen molar-refractivity contribution >= 4 is 21.9 Å².